The zero-order chi connectivity index (χ0) is 14.6. The van der Waals surface area contributed by atoms with Crippen LogP contribution in [0.3, 0.4) is 0 Å². The van der Waals surface area contributed by atoms with E-state index in [0.717, 1.165) is 24.5 Å². The van der Waals surface area contributed by atoms with Crippen molar-refractivity contribution in [1.82, 2.24) is 9.62 Å². The summed E-state index contributed by atoms with van der Waals surface area (Å²) in [5, 5.41) is 1.65. The van der Waals surface area contributed by atoms with Gasteiger partial charge in [0.25, 0.3) is 0 Å². The van der Waals surface area contributed by atoms with Crippen LogP contribution >= 0.6 is 11.3 Å². The Morgan fingerprint density at radius 1 is 1.45 bits per heavy atom. The fourth-order valence-corrected chi connectivity index (χ4v) is 4.73. The van der Waals surface area contributed by atoms with Crippen molar-refractivity contribution in [3.63, 3.8) is 0 Å². The molecular formula is C13H23N3O2S2. The number of likely N-dealkylation sites (tertiary alicyclic amines) is 1. The van der Waals surface area contributed by atoms with E-state index in [0.29, 0.717) is 23.9 Å². The Kier molecular flexibility index (Phi) is 5.57. The Bertz CT molecular complexity index is 521. The van der Waals surface area contributed by atoms with Gasteiger partial charge >= 0.3 is 0 Å². The summed E-state index contributed by atoms with van der Waals surface area (Å²) in [5.74, 6) is 0.315. The maximum atomic E-state index is 12.1. The average Bonchev–Trinajstić information content (AvgIpc) is 3.07. The SMILES string of the molecule is CC(CNS(=O)(=O)c1csc(CN)c1)CN1CCCC1. The molecule has 0 amide bonds. The van der Waals surface area contributed by atoms with Crippen molar-refractivity contribution in [3.05, 3.63) is 16.3 Å². The van der Waals surface area contributed by atoms with E-state index in [1.807, 2.05) is 0 Å². The predicted octanol–water partition coefficient (Wildman–Crippen LogP) is 1.22. The number of nitrogens with zero attached hydrogens (tertiary/aromatic N) is 1. The molecule has 0 aromatic carbocycles. The number of rotatable bonds is 7. The first-order valence-corrected chi connectivity index (χ1v) is 9.37. The molecule has 114 valence electrons. The second-order valence-corrected chi connectivity index (χ2v) is 8.18. The molecule has 1 fully saturated rings. The number of thiophene rings is 1. The molecule has 0 saturated carbocycles. The van der Waals surface area contributed by atoms with Crippen molar-refractivity contribution >= 4 is 21.4 Å². The minimum absolute atomic E-state index is 0.315. The van der Waals surface area contributed by atoms with Crippen LogP contribution in [0.15, 0.2) is 16.3 Å². The summed E-state index contributed by atoms with van der Waals surface area (Å²) < 4.78 is 27.0. The van der Waals surface area contributed by atoms with Crippen molar-refractivity contribution in [1.29, 1.82) is 0 Å². The molecule has 2 heterocycles. The number of hydrogen-bond donors (Lipinski definition) is 2. The lowest BCUT2D eigenvalue weighted by atomic mass is 10.2. The van der Waals surface area contributed by atoms with Gasteiger partial charge in [0.2, 0.25) is 10.0 Å². The fourth-order valence-electron chi connectivity index (χ4n) is 2.41. The Hall–Kier alpha value is -0.470. The maximum absolute atomic E-state index is 12.1. The summed E-state index contributed by atoms with van der Waals surface area (Å²) in [6.45, 7) is 6.18. The van der Waals surface area contributed by atoms with Gasteiger partial charge in [-0.1, -0.05) is 6.92 Å². The first-order valence-electron chi connectivity index (χ1n) is 7.01. The van der Waals surface area contributed by atoms with Gasteiger partial charge in [-0.05, 0) is 37.9 Å². The van der Waals surface area contributed by atoms with Crippen LogP contribution in [-0.4, -0.2) is 39.5 Å². The van der Waals surface area contributed by atoms with Gasteiger partial charge in [0.15, 0.2) is 0 Å². The van der Waals surface area contributed by atoms with E-state index in [1.54, 1.807) is 11.4 Å². The first-order chi connectivity index (χ1) is 9.51. The average molecular weight is 317 g/mol. The van der Waals surface area contributed by atoms with E-state index in [4.69, 9.17) is 5.73 Å². The Labute approximate surface area is 125 Å². The summed E-state index contributed by atoms with van der Waals surface area (Å²) in [5.41, 5.74) is 5.51. The third-order valence-electron chi connectivity index (χ3n) is 3.53. The van der Waals surface area contributed by atoms with E-state index in [2.05, 4.69) is 16.5 Å². The highest BCUT2D eigenvalue weighted by atomic mass is 32.2. The van der Waals surface area contributed by atoms with Crippen LogP contribution in [0, 0.1) is 5.92 Å². The highest BCUT2D eigenvalue weighted by molar-refractivity contribution is 7.89. The van der Waals surface area contributed by atoms with Gasteiger partial charge in [-0.25, -0.2) is 13.1 Å². The topological polar surface area (TPSA) is 75.4 Å². The molecule has 3 N–H and O–H groups in total. The predicted molar refractivity (Wildman–Crippen MR) is 82.2 cm³/mol. The minimum atomic E-state index is -3.39. The largest absolute Gasteiger partial charge is 0.326 e. The zero-order valence-electron chi connectivity index (χ0n) is 11.8. The molecule has 1 aliphatic heterocycles. The van der Waals surface area contributed by atoms with E-state index < -0.39 is 10.0 Å². The van der Waals surface area contributed by atoms with Crippen molar-refractivity contribution in [3.8, 4) is 0 Å². The van der Waals surface area contributed by atoms with E-state index >= 15 is 0 Å². The van der Waals surface area contributed by atoms with Crippen LogP contribution < -0.4 is 10.5 Å². The Morgan fingerprint density at radius 2 is 2.15 bits per heavy atom. The quantitative estimate of drug-likeness (QED) is 0.793. The molecular weight excluding hydrogens is 294 g/mol. The zero-order valence-corrected chi connectivity index (χ0v) is 13.5. The molecule has 2 rings (SSSR count). The van der Waals surface area contributed by atoms with E-state index in [-0.39, 0.29) is 0 Å². The smallest absolute Gasteiger partial charge is 0.241 e. The third-order valence-corrected chi connectivity index (χ3v) is 6.04. The summed E-state index contributed by atoms with van der Waals surface area (Å²) in [7, 11) is -3.39. The molecule has 1 atom stereocenters. The number of nitrogens with two attached hydrogens (primary N) is 1. The number of sulfonamides is 1. The lowest BCUT2D eigenvalue weighted by Crippen LogP contribution is -2.34. The molecule has 1 aromatic heterocycles. The number of nitrogens with one attached hydrogen (secondary N) is 1. The third kappa shape index (κ3) is 4.26. The van der Waals surface area contributed by atoms with Crippen molar-refractivity contribution < 1.29 is 8.42 Å². The van der Waals surface area contributed by atoms with E-state index in [1.165, 1.54) is 24.2 Å². The Morgan fingerprint density at radius 3 is 2.75 bits per heavy atom. The summed E-state index contributed by atoms with van der Waals surface area (Å²) in [4.78, 5) is 3.61. The lowest BCUT2D eigenvalue weighted by molar-refractivity contribution is 0.288. The molecule has 1 unspecified atom stereocenters. The second kappa shape index (κ2) is 7.00. The number of hydrogen-bond acceptors (Lipinski definition) is 5. The first kappa shape index (κ1) is 15.9. The maximum Gasteiger partial charge on any atom is 0.241 e. The fraction of sp³-hybridized carbons (Fsp3) is 0.692. The van der Waals surface area contributed by atoms with Gasteiger partial charge in [-0.2, -0.15) is 0 Å². The van der Waals surface area contributed by atoms with Crippen LogP contribution in [0.4, 0.5) is 0 Å². The normalized spacial score (nSPS) is 18.5. The van der Waals surface area contributed by atoms with Gasteiger partial charge in [-0.15, -0.1) is 11.3 Å². The molecule has 1 aromatic rings. The highest BCUT2D eigenvalue weighted by Crippen LogP contribution is 2.19. The van der Waals surface area contributed by atoms with Gasteiger partial charge in [0.05, 0.1) is 4.90 Å². The van der Waals surface area contributed by atoms with E-state index in [9.17, 15) is 8.42 Å². The van der Waals surface area contributed by atoms with Gasteiger partial charge < -0.3 is 10.6 Å². The van der Waals surface area contributed by atoms with Crippen LogP contribution in [-0.2, 0) is 16.6 Å². The van der Waals surface area contributed by atoms with Gasteiger partial charge in [0, 0.05) is 29.9 Å². The molecule has 1 aliphatic rings. The van der Waals surface area contributed by atoms with Crippen LogP contribution in [0.2, 0.25) is 0 Å². The van der Waals surface area contributed by atoms with Crippen LogP contribution in [0.5, 0.6) is 0 Å². The van der Waals surface area contributed by atoms with Crippen molar-refractivity contribution in [2.24, 2.45) is 11.7 Å². The molecule has 0 bridgehead atoms. The molecule has 5 nitrogen and oxygen atoms in total. The van der Waals surface area contributed by atoms with Crippen molar-refractivity contribution in [2.45, 2.75) is 31.2 Å². The molecule has 0 aliphatic carbocycles. The molecule has 7 heteroatoms. The monoisotopic (exact) mass is 317 g/mol. The van der Waals surface area contributed by atoms with Gasteiger partial charge in [0.1, 0.15) is 0 Å². The second-order valence-electron chi connectivity index (χ2n) is 5.42. The van der Waals surface area contributed by atoms with Gasteiger partial charge in [-0.3, -0.25) is 0 Å². The Balaban J connectivity index is 1.85. The molecule has 1 saturated heterocycles. The molecule has 20 heavy (non-hydrogen) atoms. The van der Waals surface area contributed by atoms with Crippen LogP contribution in [0.1, 0.15) is 24.6 Å². The van der Waals surface area contributed by atoms with Crippen LogP contribution in [0.25, 0.3) is 0 Å². The lowest BCUT2D eigenvalue weighted by Gasteiger charge is -2.20. The standard InChI is InChI=1S/C13H23N3O2S2/c1-11(9-16-4-2-3-5-16)8-15-20(17,18)13-6-12(7-14)19-10-13/h6,10-11,15H,2-5,7-9,14H2,1H3. The van der Waals surface area contributed by atoms with Crippen molar-refractivity contribution in [2.75, 3.05) is 26.2 Å². The molecule has 0 spiro atoms. The minimum Gasteiger partial charge on any atom is -0.326 e. The molecule has 0 radical (unpaired) electrons. The highest BCUT2D eigenvalue weighted by Gasteiger charge is 2.19. The summed E-state index contributed by atoms with van der Waals surface area (Å²) in [6.07, 6.45) is 2.52. The summed E-state index contributed by atoms with van der Waals surface area (Å²) in [6, 6.07) is 1.65. The summed E-state index contributed by atoms with van der Waals surface area (Å²) >= 11 is 1.38.